The van der Waals surface area contributed by atoms with Gasteiger partial charge in [-0.2, -0.15) is 0 Å². The topological polar surface area (TPSA) is 47.9 Å². The van der Waals surface area contributed by atoms with Crippen LogP contribution in [0.4, 0.5) is 0 Å². The van der Waals surface area contributed by atoms with Gasteiger partial charge in [0.2, 0.25) is 6.08 Å². The molecule has 92 valence electrons. The second-order valence-electron chi connectivity index (χ2n) is 3.98. The third-order valence-corrected chi connectivity index (χ3v) is 2.86. The molecule has 0 aromatic carbocycles. The van der Waals surface area contributed by atoms with Crippen molar-refractivity contribution in [2.24, 2.45) is 4.99 Å². The van der Waals surface area contributed by atoms with Crippen molar-refractivity contribution in [1.29, 1.82) is 0 Å². The zero-order chi connectivity index (χ0) is 12.4. The molecule has 0 aliphatic carbocycles. The molecule has 0 rings (SSSR count). The second kappa shape index (κ2) is 9.72. The van der Waals surface area contributed by atoms with Crippen molar-refractivity contribution in [3.63, 3.8) is 0 Å². The molecule has 0 fully saturated rings. The maximum absolute atomic E-state index is 9.85. The first-order valence-electron chi connectivity index (χ1n) is 5.64. The molecule has 0 atom stereocenters. The molecule has 16 heavy (non-hydrogen) atoms. The van der Waals surface area contributed by atoms with E-state index in [-0.39, 0.29) is 18.1 Å². The molecule has 0 saturated carbocycles. The maximum Gasteiger partial charge on any atom is 0.234 e. The molecule has 0 unspecified atom stereocenters. The summed E-state index contributed by atoms with van der Waals surface area (Å²) in [5, 5.41) is 0. The Morgan fingerprint density at radius 1 is 1.19 bits per heavy atom. The van der Waals surface area contributed by atoms with Crippen molar-refractivity contribution in [1.82, 2.24) is 0 Å². The number of hydrogen-bond acceptors (Lipinski definition) is 4. The molecule has 0 aliphatic rings. The van der Waals surface area contributed by atoms with Crippen molar-refractivity contribution in [3.8, 4) is 0 Å². The summed E-state index contributed by atoms with van der Waals surface area (Å²) in [6.07, 6.45) is 2.76. The fourth-order valence-corrected chi connectivity index (χ4v) is 2.38. The van der Waals surface area contributed by atoms with Gasteiger partial charge >= 0.3 is 0 Å². The third-order valence-electron chi connectivity index (χ3n) is 1.61. The maximum atomic E-state index is 9.85. The van der Waals surface area contributed by atoms with Gasteiger partial charge in [-0.25, -0.2) is 9.79 Å². The summed E-state index contributed by atoms with van der Waals surface area (Å²) in [5.41, 5.74) is 0. The Morgan fingerprint density at radius 2 is 1.75 bits per heavy atom. The molecule has 0 aliphatic heterocycles. The van der Waals surface area contributed by atoms with Crippen LogP contribution in [0.2, 0.25) is 6.04 Å². The highest BCUT2D eigenvalue weighted by molar-refractivity contribution is 6.36. The minimum atomic E-state index is -0.125. The van der Waals surface area contributed by atoms with E-state index in [9.17, 15) is 4.79 Å². The fraction of sp³-hybridized carbons (Fsp3) is 0.909. The Morgan fingerprint density at radius 3 is 2.19 bits per heavy atom. The van der Waals surface area contributed by atoms with Crippen molar-refractivity contribution in [3.05, 3.63) is 0 Å². The lowest BCUT2D eigenvalue weighted by Crippen LogP contribution is -2.30. The normalized spacial score (nSPS) is 11.2. The minimum absolute atomic E-state index is 0.125. The Hall–Kier alpha value is -0.483. The third kappa shape index (κ3) is 10.0. The average molecular weight is 243 g/mol. The van der Waals surface area contributed by atoms with Crippen LogP contribution in [0.5, 0.6) is 0 Å². The van der Waals surface area contributed by atoms with E-state index in [1.54, 1.807) is 0 Å². The number of aliphatic imine (C=N–C) groups is 1. The minimum Gasteiger partial charge on any atom is -0.354 e. The first kappa shape index (κ1) is 15.5. The van der Waals surface area contributed by atoms with Gasteiger partial charge in [0.05, 0.1) is 18.8 Å². The molecule has 4 nitrogen and oxygen atoms in total. The van der Waals surface area contributed by atoms with Gasteiger partial charge in [0.15, 0.2) is 0 Å². The average Bonchev–Trinajstić information content (AvgIpc) is 2.15. The molecular formula is C11H21NO3Si. The van der Waals surface area contributed by atoms with E-state index in [1.807, 2.05) is 27.7 Å². The Kier molecular flexibility index (Phi) is 9.43. The fourth-order valence-electron chi connectivity index (χ4n) is 1.05. The van der Waals surface area contributed by atoms with E-state index in [0.717, 1.165) is 12.5 Å². The lowest BCUT2D eigenvalue weighted by atomic mass is 10.5. The quantitative estimate of drug-likeness (QED) is 0.204. The van der Waals surface area contributed by atoms with Gasteiger partial charge < -0.3 is 9.47 Å². The van der Waals surface area contributed by atoms with Crippen LogP contribution < -0.4 is 0 Å². The van der Waals surface area contributed by atoms with E-state index < -0.39 is 0 Å². The van der Waals surface area contributed by atoms with E-state index in [1.165, 1.54) is 6.08 Å². The Balaban J connectivity index is 3.77. The second-order valence-corrected chi connectivity index (χ2v) is 5.36. The number of rotatable bonds is 9. The van der Waals surface area contributed by atoms with E-state index >= 15 is 0 Å². The zero-order valence-electron chi connectivity index (χ0n) is 10.5. The Bertz CT molecular complexity index is 205. The van der Waals surface area contributed by atoms with Crippen LogP contribution in [0.1, 0.15) is 34.1 Å². The standard InChI is InChI=1S/C11H21NO3Si/c1-9(2)14-11(15-10(3)4)16-7-5-6-12-8-13/h9-11H,5-7H2,1-4H3. The monoisotopic (exact) mass is 243 g/mol. The highest BCUT2D eigenvalue weighted by atomic mass is 28.2. The molecule has 5 heteroatoms. The van der Waals surface area contributed by atoms with Crippen LogP contribution in [0, 0.1) is 0 Å². The molecule has 0 amide bonds. The van der Waals surface area contributed by atoms with Gasteiger partial charge in [0, 0.05) is 0 Å². The van der Waals surface area contributed by atoms with Crippen LogP contribution in [0.25, 0.3) is 0 Å². The zero-order valence-corrected chi connectivity index (χ0v) is 11.5. The van der Waals surface area contributed by atoms with Crippen LogP contribution in [-0.4, -0.2) is 40.3 Å². The molecule has 0 bridgehead atoms. The lowest BCUT2D eigenvalue weighted by molar-refractivity contribution is -0.134. The first-order chi connectivity index (χ1) is 7.56. The van der Waals surface area contributed by atoms with Crippen molar-refractivity contribution < 1.29 is 14.3 Å². The van der Waals surface area contributed by atoms with Gasteiger partial charge in [-0.1, -0.05) is 6.04 Å². The molecule has 0 spiro atoms. The summed E-state index contributed by atoms with van der Waals surface area (Å²) in [7, 11) is 0.586. The van der Waals surface area contributed by atoms with Crippen molar-refractivity contribution >= 4 is 15.6 Å². The predicted octanol–water partition coefficient (Wildman–Crippen LogP) is 1.97. The smallest absolute Gasteiger partial charge is 0.234 e. The molecule has 0 heterocycles. The van der Waals surface area contributed by atoms with Gasteiger partial charge in [-0.05, 0) is 34.1 Å². The summed E-state index contributed by atoms with van der Waals surface area (Å²) in [6.45, 7) is 8.54. The number of carbonyl (C=O) groups excluding carboxylic acids is 1. The number of hydrogen-bond donors (Lipinski definition) is 0. The van der Waals surface area contributed by atoms with Gasteiger partial charge in [0.1, 0.15) is 15.4 Å². The van der Waals surface area contributed by atoms with E-state index in [0.29, 0.717) is 16.1 Å². The number of isocyanates is 1. The summed E-state index contributed by atoms with van der Waals surface area (Å²) < 4.78 is 11.3. The van der Waals surface area contributed by atoms with Gasteiger partial charge in [0.25, 0.3) is 0 Å². The summed E-state index contributed by atoms with van der Waals surface area (Å²) in [6, 6.07) is 0.968. The van der Waals surface area contributed by atoms with Crippen LogP contribution in [-0.2, 0) is 14.3 Å². The highest BCUT2D eigenvalue weighted by Crippen LogP contribution is 2.05. The molecule has 0 aromatic rings. The summed E-state index contributed by atoms with van der Waals surface area (Å²) >= 11 is 0. The molecule has 0 aromatic heterocycles. The van der Waals surface area contributed by atoms with E-state index in [2.05, 4.69) is 4.99 Å². The SMILES string of the molecule is CC(C)OC(OC(C)C)[Si]CCCN=C=O. The first-order valence-corrected chi connectivity index (χ1v) is 6.92. The van der Waals surface area contributed by atoms with Gasteiger partial charge in [-0.3, -0.25) is 0 Å². The molecule has 0 N–H and O–H groups in total. The van der Waals surface area contributed by atoms with Crippen molar-refractivity contribution in [2.45, 2.75) is 58.3 Å². The molecular weight excluding hydrogens is 222 g/mol. The van der Waals surface area contributed by atoms with E-state index in [4.69, 9.17) is 9.47 Å². The van der Waals surface area contributed by atoms with Gasteiger partial charge in [-0.15, -0.1) is 0 Å². The lowest BCUT2D eigenvalue weighted by Gasteiger charge is -2.22. The van der Waals surface area contributed by atoms with Crippen LogP contribution in [0.15, 0.2) is 4.99 Å². The largest absolute Gasteiger partial charge is 0.354 e. The van der Waals surface area contributed by atoms with Crippen LogP contribution in [0.3, 0.4) is 0 Å². The van der Waals surface area contributed by atoms with Crippen LogP contribution >= 0.6 is 0 Å². The number of nitrogens with zero attached hydrogens (tertiary/aromatic N) is 1. The Labute approximate surface area is 100 Å². The molecule has 0 saturated heterocycles. The number of ether oxygens (including phenoxy) is 2. The molecule has 2 radical (unpaired) electrons. The summed E-state index contributed by atoms with van der Waals surface area (Å²) in [5.74, 6) is -0.125. The summed E-state index contributed by atoms with van der Waals surface area (Å²) in [4.78, 5) is 13.4. The highest BCUT2D eigenvalue weighted by Gasteiger charge is 2.13. The van der Waals surface area contributed by atoms with Crippen molar-refractivity contribution in [2.75, 3.05) is 6.54 Å². The predicted molar refractivity (Wildman–Crippen MR) is 64.4 cm³/mol.